The molecule has 2 heterocycles. The molecular weight excluding hydrogens is 298 g/mol. The molecule has 128 valence electrons. The fourth-order valence-electron chi connectivity index (χ4n) is 3.21. The van der Waals surface area contributed by atoms with Gasteiger partial charge in [0, 0.05) is 25.0 Å². The Balaban J connectivity index is 1.58. The van der Waals surface area contributed by atoms with Gasteiger partial charge in [0.1, 0.15) is 5.69 Å². The Kier molecular flexibility index (Phi) is 5.05. The molecule has 1 fully saturated rings. The summed E-state index contributed by atoms with van der Waals surface area (Å²) in [6.07, 6.45) is 2.59. The van der Waals surface area contributed by atoms with E-state index >= 15 is 0 Å². The van der Waals surface area contributed by atoms with E-state index in [4.69, 9.17) is 0 Å². The maximum atomic E-state index is 12.3. The van der Waals surface area contributed by atoms with Crippen molar-refractivity contribution in [2.45, 2.75) is 33.2 Å². The molecule has 0 bridgehead atoms. The normalized spacial score (nSPS) is 16.3. The zero-order valence-electron chi connectivity index (χ0n) is 14.9. The highest BCUT2D eigenvalue weighted by atomic mass is 16.1. The molecule has 1 aromatic heterocycles. The summed E-state index contributed by atoms with van der Waals surface area (Å²) < 4.78 is 1.90. The highest BCUT2D eigenvalue weighted by Gasteiger charge is 2.16. The monoisotopic (exact) mass is 325 g/mol. The van der Waals surface area contributed by atoms with Crippen molar-refractivity contribution in [1.29, 1.82) is 0 Å². The van der Waals surface area contributed by atoms with Crippen molar-refractivity contribution in [1.82, 2.24) is 9.47 Å². The zero-order chi connectivity index (χ0) is 17.1. The maximum absolute atomic E-state index is 12.3. The standard InChI is InChI=1S/C20H27N3O/c1-15-10-12-23(13-11-15)14-17-5-7-18(8-6-17)21-20(24)19-9-4-16(2)22(19)3/h4-9,15H,10-14H2,1-3H3,(H,21,24). The number of benzene rings is 1. The fraction of sp³-hybridized carbons (Fsp3) is 0.450. The summed E-state index contributed by atoms with van der Waals surface area (Å²) in [7, 11) is 1.91. The fourth-order valence-corrected chi connectivity index (χ4v) is 3.21. The molecule has 1 aliphatic rings. The first kappa shape index (κ1) is 16.8. The molecule has 0 aliphatic carbocycles. The van der Waals surface area contributed by atoms with Crippen LogP contribution in [0.2, 0.25) is 0 Å². The first-order chi connectivity index (χ1) is 11.5. The first-order valence-electron chi connectivity index (χ1n) is 8.78. The van der Waals surface area contributed by atoms with Crippen LogP contribution in [-0.2, 0) is 13.6 Å². The van der Waals surface area contributed by atoms with Gasteiger partial charge in [0.05, 0.1) is 0 Å². The number of nitrogens with one attached hydrogen (secondary N) is 1. The lowest BCUT2D eigenvalue weighted by molar-refractivity contribution is 0.101. The minimum absolute atomic E-state index is 0.0663. The van der Waals surface area contributed by atoms with Crippen LogP contribution in [0.1, 0.15) is 41.5 Å². The Morgan fingerprint density at radius 1 is 1.12 bits per heavy atom. The van der Waals surface area contributed by atoms with E-state index in [0.29, 0.717) is 5.69 Å². The lowest BCUT2D eigenvalue weighted by atomic mass is 9.99. The van der Waals surface area contributed by atoms with Crippen molar-refractivity contribution in [2.75, 3.05) is 18.4 Å². The van der Waals surface area contributed by atoms with E-state index in [1.54, 1.807) is 0 Å². The lowest BCUT2D eigenvalue weighted by Crippen LogP contribution is -2.32. The van der Waals surface area contributed by atoms with Gasteiger partial charge in [-0.05, 0) is 68.6 Å². The summed E-state index contributed by atoms with van der Waals surface area (Å²) >= 11 is 0. The average molecular weight is 325 g/mol. The minimum Gasteiger partial charge on any atom is -0.344 e. The van der Waals surface area contributed by atoms with Crippen molar-refractivity contribution in [2.24, 2.45) is 13.0 Å². The number of aryl methyl sites for hydroxylation is 1. The van der Waals surface area contributed by atoms with Crippen LogP contribution in [0.4, 0.5) is 5.69 Å². The molecule has 0 spiro atoms. The Bertz CT molecular complexity index is 694. The number of hydrogen-bond acceptors (Lipinski definition) is 2. The van der Waals surface area contributed by atoms with Crippen LogP contribution in [0.25, 0.3) is 0 Å². The van der Waals surface area contributed by atoms with Gasteiger partial charge in [-0.3, -0.25) is 9.69 Å². The third kappa shape index (κ3) is 3.88. The summed E-state index contributed by atoms with van der Waals surface area (Å²) in [5.41, 5.74) is 3.90. The third-order valence-corrected chi connectivity index (χ3v) is 5.10. The van der Waals surface area contributed by atoms with Gasteiger partial charge in [-0.2, -0.15) is 0 Å². The van der Waals surface area contributed by atoms with Gasteiger partial charge >= 0.3 is 0 Å². The highest BCUT2D eigenvalue weighted by Crippen LogP contribution is 2.19. The van der Waals surface area contributed by atoms with E-state index in [2.05, 4.69) is 29.3 Å². The first-order valence-corrected chi connectivity index (χ1v) is 8.78. The highest BCUT2D eigenvalue weighted by molar-refractivity contribution is 6.03. The molecule has 1 saturated heterocycles. The number of rotatable bonds is 4. The molecule has 0 radical (unpaired) electrons. The Morgan fingerprint density at radius 3 is 2.38 bits per heavy atom. The topological polar surface area (TPSA) is 37.3 Å². The number of piperidine rings is 1. The quantitative estimate of drug-likeness (QED) is 0.928. The number of aromatic nitrogens is 1. The predicted octanol–water partition coefficient (Wildman–Crippen LogP) is 3.82. The van der Waals surface area contributed by atoms with Crippen molar-refractivity contribution in [3.8, 4) is 0 Å². The SMILES string of the molecule is Cc1ccc(C(=O)Nc2ccc(CN3CCC(C)CC3)cc2)n1C. The van der Waals surface area contributed by atoms with Crippen molar-refractivity contribution in [3.63, 3.8) is 0 Å². The molecule has 1 N–H and O–H groups in total. The second-order valence-corrected chi connectivity index (χ2v) is 7.03. The van der Waals surface area contributed by atoms with E-state index in [1.165, 1.54) is 31.5 Å². The summed E-state index contributed by atoms with van der Waals surface area (Å²) in [6, 6.07) is 12.0. The maximum Gasteiger partial charge on any atom is 0.272 e. The number of likely N-dealkylation sites (tertiary alicyclic amines) is 1. The summed E-state index contributed by atoms with van der Waals surface area (Å²) in [5, 5.41) is 2.98. The summed E-state index contributed by atoms with van der Waals surface area (Å²) in [4.78, 5) is 14.9. The number of nitrogens with zero attached hydrogens (tertiary/aromatic N) is 2. The predicted molar refractivity (Wildman–Crippen MR) is 98.2 cm³/mol. The van der Waals surface area contributed by atoms with Crippen molar-refractivity contribution in [3.05, 3.63) is 53.3 Å². The van der Waals surface area contributed by atoms with Gasteiger partial charge in [0.2, 0.25) is 0 Å². The molecule has 2 aromatic rings. The molecule has 3 rings (SSSR count). The molecule has 1 amide bonds. The molecule has 1 aliphatic heterocycles. The van der Waals surface area contributed by atoms with Crippen LogP contribution in [0.15, 0.2) is 36.4 Å². The van der Waals surface area contributed by atoms with E-state index in [0.717, 1.165) is 23.8 Å². The van der Waals surface area contributed by atoms with Gasteiger partial charge in [0.15, 0.2) is 0 Å². The number of carbonyl (C=O) groups excluding carboxylic acids is 1. The Hall–Kier alpha value is -2.07. The third-order valence-electron chi connectivity index (χ3n) is 5.10. The smallest absolute Gasteiger partial charge is 0.272 e. The van der Waals surface area contributed by atoms with E-state index in [1.807, 2.05) is 42.8 Å². The van der Waals surface area contributed by atoms with Crippen molar-refractivity contribution < 1.29 is 4.79 Å². The van der Waals surface area contributed by atoms with Gasteiger partial charge in [-0.15, -0.1) is 0 Å². The van der Waals surface area contributed by atoms with Gasteiger partial charge in [0.25, 0.3) is 5.91 Å². The van der Waals surface area contributed by atoms with Crippen molar-refractivity contribution >= 4 is 11.6 Å². The summed E-state index contributed by atoms with van der Waals surface area (Å²) in [6.45, 7) is 7.70. The van der Waals surface area contributed by atoms with Crippen LogP contribution in [0.3, 0.4) is 0 Å². The molecule has 4 heteroatoms. The molecule has 24 heavy (non-hydrogen) atoms. The second kappa shape index (κ2) is 7.22. The molecule has 0 unspecified atom stereocenters. The van der Waals surface area contributed by atoms with Gasteiger partial charge in [-0.1, -0.05) is 19.1 Å². The number of amides is 1. The summed E-state index contributed by atoms with van der Waals surface area (Å²) in [5.74, 6) is 0.795. The van der Waals surface area contributed by atoms with E-state index < -0.39 is 0 Å². The molecular formula is C20H27N3O. The van der Waals surface area contributed by atoms with Crippen LogP contribution in [-0.4, -0.2) is 28.5 Å². The largest absolute Gasteiger partial charge is 0.344 e. The second-order valence-electron chi connectivity index (χ2n) is 7.03. The number of carbonyl (C=O) groups is 1. The molecule has 4 nitrogen and oxygen atoms in total. The van der Waals surface area contributed by atoms with Gasteiger partial charge < -0.3 is 9.88 Å². The van der Waals surface area contributed by atoms with E-state index in [9.17, 15) is 4.79 Å². The Labute approximate surface area is 144 Å². The number of hydrogen-bond donors (Lipinski definition) is 1. The zero-order valence-corrected chi connectivity index (χ0v) is 14.9. The van der Waals surface area contributed by atoms with Crippen LogP contribution >= 0.6 is 0 Å². The molecule has 0 atom stereocenters. The Morgan fingerprint density at radius 2 is 1.79 bits per heavy atom. The molecule has 0 saturated carbocycles. The minimum atomic E-state index is -0.0663. The van der Waals surface area contributed by atoms with Crippen LogP contribution < -0.4 is 5.32 Å². The van der Waals surface area contributed by atoms with Crippen LogP contribution in [0.5, 0.6) is 0 Å². The molecule has 1 aromatic carbocycles. The number of anilines is 1. The van der Waals surface area contributed by atoms with Crippen LogP contribution in [0, 0.1) is 12.8 Å². The van der Waals surface area contributed by atoms with Gasteiger partial charge in [-0.25, -0.2) is 0 Å². The van der Waals surface area contributed by atoms with E-state index in [-0.39, 0.29) is 5.91 Å². The average Bonchev–Trinajstić information content (AvgIpc) is 2.91. The lowest BCUT2D eigenvalue weighted by Gasteiger charge is -2.30.